The van der Waals surface area contributed by atoms with Crippen LogP contribution in [0.2, 0.25) is 0 Å². The lowest BCUT2D eigenvalue weighted by Crippen LogP contribution is -2.70. The van der Waals surface area contributed by atoms with E-state index in [1.54, 1.807) is 26.8 Å². The van der Waals surface area contributed by atoms with E-state index in [0.717, 1.165) is 0 Å². The standard InChI is InChI=1S/C26H33FO7/c1-14(28)32-13-20(31)26-21(33-22(2,3)34-26)11-18-17-7-6-15-10-16(29)8-9-23(15,4)25(17,27)19(30)12-24(18,26)5/h8-10,17-19,21,30H,6-7,11-13H2,1-5H3/t17?,18?,19-,21+,23-,24-,25-,26+/m0/s1. The molecular weight excluding hydrogens is 443 g/mol. The van der Waals surface area contributed by atoms with E-state index in [2.05, 4.69) is 0 Å². The van der Waals surface area contributed by atoms with E-state index < -0.39 is 64.4 Å². The Labute approximate surface area is 198 Å². The van der Waals surface area contributed by atoms with Gasteiger partial charge in [0.15, 0.2) is 29.4 Å². The molecule has 0 amide bonds. The Balaban J connectivity index is 1.60. The molecule has 5 rings (SSSR count). The second-order valence-corrected chi connectivity index (χ2v) is 11.5. The summed E-state index contributed by atoms with van der Waals surface area (Å²) in [4.78, 5) is 37.1. The number of esters is 1. The highest BCUT2D eigenvalue weighted by Crippen LogP contribution is 2.72. The molecule has 4 fully saturated rings. The van der Waals surface area contributed by atoms with Crippen molar-refractivity contribution < 1.29 is 38.1 Å². The second kappa shape index (κ2) is 7.08. The van der Waals surface area contributed by atoms with E-state index in [1.807, 2.05) is 6.92 Å². The van der Waals surface area contributed by atoms with Gasteiger partial charge in [0, 0.05) is 23.7 Å². The van der Waals surface area contributed by atoms with Gasteiger partial charge < -0.3 is 19.3 Å². The number of hydrogen-bond acceptors (Lipinski definition) is 7. The molecule has 5 aliphatic rings. The zero-order valence-electron chi connectivity index (χ0n) is 20.4. The maximum absolute atomic E-state index is 17.3. The molecule has 0 spiro atoms. The fourth-order valence-corrected chi connectivity index (χ4v) is 8.08. The zero-order valence-corrected chi connectivity index (χ0v) is 20.4. The van der Waals surface area contributed by atoms with Gasteiger partial charge in [0.1, 0.15) is 0 Å². The van der Waals surface area contributed by atoms with Crippen molar-refractivity contribution in [2.24, 2.45) is 22.7 Å². The molecule has 8 heteroatoms. The Bertz CT molecular complexity index is 1030. The molecule has 4 aliphatic carbocycles. The first-order valence-electron chi connectivity index (χ1n) is 12.1. The summed E-state index contributed by atoms with van der Waals surface area (Å²) >= 11 is 0. The van der Waals surface area contributed by atoms with Gasteiger partial charge in [-0.3, -0.25) is 14.4 Å². The molecule has 0 radical (unpaired) electrons. The van der Waals surface area contributed by atoms with Crippen LogP contribution in [0.1, 0.15) is 60.3 Å². The Kier molecular flexibility index (Phi) is 4.96. The number of aliphatic hydroxyl groups excluding tert-OH is 1. The normalized spacial score (nSPS) is 48.3. The quantitative estimate of drug-likeness (QED) is 0.625. The fraction of sp³-hybridized carbons (Fsp3) is 0.731. The van der Waals surface area contributed by atoms with Crippen molar-refractivity contribution in [2.45, 2.75) is 89.6 Å². The van der Waals surface area contributed by atoms with Gasteiger partial charge in [-0.1, -0.05) is 18.6 Å². The number of rotatable bonds is 3. The third kappa shape index (κ3) is 2.76. The van der Waals surface area contributed by atoms with Crippen LogP contribution in [0.3, 0.4) is 0 Å². The first-order chi connectivity index (χ1) is 15.7. The molecule has 8 atom stereocenters. The monoisotopic (exact) mass is 476 g/mol. The van der Waals surface area contributed by atoms with Gasteiger partial charge in [-0.25, -0.2) is 4.39 Å². The van der Waals surface area contributed by atoms with Crippen molar-refractivity contribution >= 4 is 17.5 Å². The summed E-state index contributed by atoms with van der Waals surface area (Å²) in [6.45, 7) is 7.86. The van der Waals surface area contributed by atoms with Crippen LogP contribution < -0.4 is 0 Å². The molecule has 0 aromatic rings. The molecule has 2 unspecified atom stereocenters. The van der Waals surface area contributed by atoms with Crippen molar-refractivity contribution in [2.75, 3.05) is 6.61 Å². The van der Waals surface area contributed by atoms with E-state index in [1.165, 1.54) is 19.1 Å². The molecule has 1 saturated heterocycles. The molecule has 0 bridgehead atoms. The summed E-state index contributed by atoms with van der Waals surface area (Å²) < 4.78 is 34.9. The van der Waals surface area contributed by atoms with Crippen molar-refractivity contribution in [3.05, 3.63) is 23.8 Å². The van der Waals surface area contributed by atoms with Crippen LogP contribution in [-0.4, -0.2) is 58.5 Å². The Morgan fingerprint density at radius 3 is 2.62 bits per heavy atom. The van der Waals surface area contributed by atoms with Crippen LogP contribution in [0.5, 0.6) is 0 Å². The van der Waals surface area contributed by atoms with Gasteiger partial charge >= 0.3 is 5.97 Å². The van der Waals surface area contributed by atoms with Crippen molar-refractivity contribution in [1.29, 1.82) is 0 Å². The lowest BCUT2D eigenvalue weighted by Gasteiger charge is -2.62. The lowest BCUT2D eigenvalue weighted by atomic mass is 9.44. The first-order valence-corrected chi connectivity index (χ1v) is 12.1. The number of fused-ring (bicyclic) bond motifs is 7. The lowest BCUT2D eigenvalue weighted by molar-refractivity contribution is -0.246. The third-order valence-electron chi connectivity index (χ3n) is 9.45. The molecule has 0 aromatic heterocycles. The number of ketones is 2. The fourth-order valence-electron chi connectivity index (χ4n) is 8.08. The van der Waals surface area contributed by atoms with E-state index >= 15 is 4.39 Å². The number of alkyl halides is 1. The molecule has 186 valence electrons. The van der Waals surface area contributed by atoms with Crippen LogP contribution in [0, 0.1) is 22.7 Å². The van der Waals surface area contributed by atoms with E-state index in [-0.39, 0.29) is 18.1 Å². The second-order valence-electron chi connectivity index (χ2n) is 11.5. The van der Waals surface area contributed by atoms with Crippen LogP contribution >= 0.6 is 0 Å². The Morgan fingerprint density at radius 2 is 1.94 bits per heavy atom. The molecule has 1 N–H and O–H groups in total. The van der Waals surface area contributed by atoms with Gasteiger partial charge in [-0.05, 0) is 64.5 Å². The highest BCUT2D eigenvalue weighted by molar-refractivity contribution is 6.01. The van der Waals surface area contributed by atoms with E-state index in [4.69, 9.17) is 14.2 Å². The molecule has 34 heavy (non-hydrogen) atoms. The number of aliphatic hydroxyl groups is 1. The van der Waals surface area contributed by atoms with Gasteiger partial charge in [0.05, 0.1) is 12.2 Å². The number of allylic oxidation sites excluding steroid dienone is 4. The zero-order chi connectivity index (χ0) is 24.9. The van der Waals surface area contributed by atoms with E-state index in [9.17, 15) is 19.5 Å². The third-order valence-corrected chi connectivity index (χ3v) is 9.45. The number of halogens is 1. The number of carbonyl (C=O) groups is 3. The number of Topliss-reactive ketones (excluding diaryl/α,β-unsaturated/α-hetero) is 1. The van der Waals surface area contributed by atoms with Gasteiger partial charge in [-0.15, -0.1) is 0 Å². The highest BCUT2D eigenvalue weighted by atomic mass is 19.1. The maximum atomic E-state index is 17.3. The minimum absolute atomic E-state index is 0.0168. The van der Waals surface area contributed by atoms with Crippen LogP contribution in [0.25, 0.3) is 0 Å². The summed E-state index contributed by atoms with van der Waals surface area (Å²) in [5.74, 6) is -3.11. The molecule has 3 saturated carbocycles. The van der Waals surface area contributed by atoms with Crippen LogP contribution in [0.15, 0.2) is 23.8 Å². The summed E-state index contributed by atoms with van der Waals surface area (Å²) in [5.41, 5.74) is -4.82. The number of carbonyl (C=O) groups excluding carboxylic acids is 3. The summed E-state index contributed by atoms with van der Waals surface area (Å²) in [6, 6.07) is 0. The summed E-state index contributed by atoms with van der Waals surface area (Å²) in [7, 11) is 0. The minimum atomic E-state index is -2.01. The molecule has 1 heterocycles. The predicted octanol–water partition coefficient (Wildman–Crippen LogP) is 2.99. The highest BCUT2D eigenvalue weighted by Gasteiger charge is 2.80. The van der Waals surface area contributed by atoms with Gasteiger partial charge in [0.25, 0.3) is 0 Å². The van der Waals surface area contributed by atoms with Crippen LogP contribution in [-0.2, 0) is 28.6 Å². The Morgan fingerprint density at radius 1 is 1.24 bits per heavy atom. The van der Waals surface area contributed by atoms with Crippen molar-refractivity contribution in [1.82, 2.24) is 0 Å². The maximum Gasteiger partial charge on any atom is 0.303 e. The molecule has 1 aliphatic heterocycles. The number of ether oxygens (including phenoxy) is 3. The van der Waals surface area contributed by atoms with Crippen LogP contribution in [0.4, 0.5) is 4.39 Å². The molecule has 7 nitrogen and oxygen atoms in total. The predicted molar refractivity (Wildman–Crippen MR) is 118 cm³/mol. The average Bonchev–Trinajstić information content (AvgIpc) is 3.14. The van der Waals surface area contributed by atoms with Gasteiger partial charge in [-0.2, -0.15) is 0 Å². The topological polar surface area (TPSA) is 99.1 Å². The van der Waals surface area contributed by atoms with Crippen molar-refractivity contribution in [3.8, 4) is 0 Å². The summed E-state index contributed by atoms with van der Waals surface area (Å²) in [5, 5.41) is 11.5. The largest absolute Gasteiger partial charge is 0.458 e. The first kappa shape index (κ1) is 23.8. The average molecular weight is 477 g/mol. The minimum Gasteiger partial charge on any atom is -0.458 e. The smallest absolute Gasteiger partial charge is 0.303 e. The number of hydrogen-bond donors (Lipinski definition) is 1. The van der Waals surface area contributed by atoms with E-state index in [0.29, 0.717) is 24.8 Å². The van der Waals surface area contributed by atoms with Gasteiger partial charge in [0.2, 0.25) is 5.78 Å². The SMILES string of the molecule is CC(=O)OCC(=O)[C@@]12OC(C)(C)O[C@@H]1CC1C3CCC4=CC(=O)C=C[C@]4(C)[C@@]3(F)[C@@H](O)C[C@@]12C. The Hall–Kier alpha value is -1.90. The van der Waals surface area contributed by atoms with Crippen molar-refractivity contribution in [3.63, 3.8) is 0 Å². The molecular formula is C26H33FO7. The summed E-state index contributed by atoms with van der Waals surface area (Å²) in [6.07, 6.45) is 3.81. The molecule has 0 aromatic carbocycles.